The van der Waals surface area contributed by atoms with Crippen molar-refractivity contribution in [2.75, 3.05) is 0 Å². The predicted molar refractivity (Wildman–Crippen MR) is 56.6 cm³/mol. The van der Waals surface area contributed by atoms with Crippen LogP contribution in [0.15, 0.2) is 10.9 Å². The third kappa shape index (κ3) is 1.54. The minimum atomic E-state index is -1.10. The standard InChI is InChI=1S/C10H9N3O3/c1-4-6(10(15)16)3-7-8(11-4)12-5(2)13-9(7)14/h3H,1-2H3,(H,15,16)(H,11,12,13,14). The Morgan fingerprint density at radius 3 is 2.69 bits per heavy atom. The van der Waals surface area contributed by atoms with Crippen molar-refractivity contribution >= 4 is 17.0 Å². The molecule has 0 amide bonds. The molecule has 2 N–H and O–H groups in total. The van der Waals surface area contributed by atoms with Crippen LogP contribution in [-0.4, -0.2) is 26.0 Å². The number of pyridine rings is 1. The molecular formula is C10H9N3O3. The van der Waals surface area contributed by atoms with Crippen LogP contribution in [0, 0.1) is 13.8 Å². The Morgan fingerprint density at radius 1 is 1.38 bits per heavy atom. The Labute approximate surface area is 90.0 Å². The maximum atomic E-state index is 11.6. The van der Waals surface area contributed by atoms with E-state index >= 15 is 0 Å². The van der Waals surface area contributed by atoms with Gasteiger partial charge >= 0.3 is 5.97 Å². The van der Waals surface area contributed by atoms with E-state index in [2.05, 4.69) is 15.0 Å². The molecule has 0 spiro atoms. The monoisotopic (exact) mass is 219 g/mol. The van der Waals surface area contributed by atoms with Crippen LogP contribution in [0.1, 0.15) is 21.9 Å². The van der Waals surface area contributed by atoms with Gasteiger partial charge in [0.15, 0.2) is 5.65 Å². The highest BCUT2D eigenvalue weighted by molar-refractivity contribution is 5.92. The van der Waals surface area contributed by atoms with Crippen LogP contribution in [-0.2, 0) is 0 Å². The normalized spacial score (nSPS) is 10.6. The van der Waals surface area contributed by atoms with Gasteiger partial charge < -0.3 is 10.1 Å². The number of hydrogen-bond acceptors (Lipinski definition) is 4. The van der Waals surface area contributed by atoms with Gasteiger partial charge in [-0.25, -0.2) is 14.8 Å². The Morgan fingerprint density at radius 2 is 2.06 bits per heavy atom. The summed E-state index contributed by atoms with van der Waals surface area (Å²) in [6.45, 7) is 3.21. The van der Waals surface area contributed by atoms with Crippen LogP contribution in [0.5, 0.6) is 0 Å². The Balaban J connectivity index is 2.90. The third-order valence-electron chi connectivity index (χ3n) is 2.24. The minimum absolute atomic E-state index is 0.0173. The summed E-state index contributed by atoms with van der Waals surface area (Å²) in [5.41, 5.74) is 0.252. The van der Waals surface area contributed by atoms with Crippen molar-refractivity contribution in [2.45, 2.75) is 13.8 Å². The number of fused-ring (bicyclic) bond motifs is 1. The molecular weight excluding hydrogens is 210 g/mol. The van der Waals surface area contributed by atoms with Crippen molar-refractivity contribution in [2.24, 2.45) is 0 Å². The highest BCUT2D eigenvalue weighted by Gasteiger charge is 2.12. The largest absolute Gasteiger partial charge is 0.478 e. The second-order valence-corrected chi connectivity index (χ2v) is 3.45. The molecule has 0 radical (unpaired) electrons. The first-order valence-corrected chi connectivity index (χ1v) is 4.60. The molecule has 82 valence electrons. The molecule has 0 aliphatic carbocycles. The van der Waals surface area contributed by atoms with E-state index < -0.39 is 5.97 Å². The molecule has 2 aromatic rings. The molecule has 0 saturated carbocycles. The molecule has 6 heteroatoms. The van der Waals surface area contributed by atoms with Gasteiger partial charge in [0, 0.05) is 0 Å². The number of rotatable bonds is 1. The molecule has 0 aromatic carbocycles. The van der Waals surface area contributed by atoms with E-state index in [-0.39, 0.29) is 22.2 Å². The van der Waals surface area contributed by atoms with Crippen LogP contribution in [0.25, 0.3) is 11.0 Å². The van der Waals surface area contributed by atoms with Gasteiger partial charge in [-0.3, -0.25) is 4.79 Å². The second-order valence-electron chi connectivity index (χ2n) is 3.45. The number of nitrogens with zero attached hydrogens (tertiary/aromatic N) is 2. The smallest absolute Gasteiger partial charge is 0.337 e. The zero-order chi connectivity index (χ0) is 11.9. The van der Waals surface area contributed by atoms with Gasteiger partial charge in [0.05, 0.1) is 16.6 Å². The van der Waals surface area contributed by atoms with Crippen molar-refractivity contribution in [3.63, 3.8) is 0 Å². The van der Waals surface area contributed by atoms with Crippen molar-refractivity contribution in [1.29, 1.82) is 0 Å². The number of carboxylic acids is 1. The molecule has 16 heavy (non-hydrogen) atoms. The SMILES string of the molecule is Cc1nc2nc(C)c(C(=O)O)cc2c(=O)[nH]1. The molecule has 2 heterocycles. The zero-order valence-electron chi connectivity index (χ0n) is 8.74. The number of aromatic amines is 1. The van der Waals surface area contributed by atoms with Gasteiger partial charge in [-0.15, -0.1) is 0 Å². The van der Waals surface area contributed by atoms with E-state index in [1.807, 2.05) is 0 Å². The maximum Gasteiger partial charge on any atom is 0.337 e. The molecule has 0 fully saturated rings. The van der Waals surface area contributed by atoms with Crippen LogP contribution in [0.2, 0.25) is 0 Å². The summed E-state index contributed by atoms with van der Waals surface area (Å²) in [5.74, 6) is -0.653. The van der Waals surface area contributed by atoms with E-state index in [1.54, 1.807) is 13.8 Å². The van der Waals surface area contributed by atoms with E-state index in [1.165, 1.54) is 6.07 Å². The fourth-order valence-electron chi connectivity index (χ4n) is 1.48. The van der Waals surface area contributed by atoms with Gasteiger partial charge in [0.2, 0.25) is 0 Å². The van der Waals surface area contributed by atoms with Gasteiger partial charge in [0.25, 0.3) is 5.56 Å². The molecule has 0 bridgehead atoms. The lowest BCUT2D eigenvalue weighted by Gasteiger charge is -2.02. The topological polar surface area (TPSA) is 95.9 Å². The van der Waals surface area contributed by atoms with Crippen LogP contribution in [0.3, 0.4) is 0 Å². The summed E-state index contributed by atoms with van der Waals surface area (Å²) in [6.07, 6.45) is 0. The van der Waals surface area contributed by atoms with Crippen LogP contribution < -0.4 is 5.56 Å². The zero-order valence-corrected chi connectivity index (χ0v) is 8.74. The number of aryl methyl sites for hydroxylation is 2. The van der Waals surface area contributed by atoms with Crippen molar-refractivity contribution in [3.8, 4) is 0 Å². The van der Waals surface area contributed by atoms with Crippen molar-refractivity contribution in [3.05, 3.63) is 33.5 Å². The van der Waals surface area contributed by atoms with E-state index in [0.717, 1.165) is 0 Å². The summed E-state index contributed by atoms with van der Waals surface area (Å²) in [4.78, 5) is 33.0. The minimum Gasteiger partial charge on any atom is -0.478 e. The number of carboxylic acid groups (broad SMARTS) is 1. The highest BCUT2D eigenvalue weighted by Crippen LogP contribution is 2.11. The van der Waals surface area contributed by atoms with Crippen LogP contribution >= 0.6 is 0 Å². The lowest BCUT2D eigenvalue weighted by atomic mass is 10.1. The van der Waals surface area contributed by atoms with Crippen LogP contribution in [0.4, 0.5) is 0 Å². The molecule has 0 atom stereocenters. The number of carbonyl (C=O) groups is 1. The second kappa shape index (κ2) is 3.41. The Bertz CT molecular complexity index is 646. The highest BCUT2D eigenvalue weighted by atomic mass is 16.4. The van der Waals surface area contributed by atoms with Gasteiger partial charge in [-0.2, -0.15) is 0 Å². The summed E-state index contributed by atoms with van der Waals surface area (Å²) in [6, 6.07) is 1.30. The number of aromatic carboxylic acids is 1. The summed E-state index contributed by atoms with van der Waals surface area (Å²) < 4.78 is 0. The number of nitrogens with one attached hydrogen (secondary N) is 1. The Hall–Kier alpha value is -2.24. The third-order valence-corrected chi connectivity index (χ3v) is 2.24. The quantitative estimate of drug-likeness (QED) is 0.733. The molecule has 0 saturated heterocycles. The van der Waals surface area contributed by atoms with Gasteiger partial charge in [-0.05, 0) is 19.9 Å². The lowest BCUT2D eigenvalue weighted by Crippen LogP contribution is -2.13. The van der Waals surface area contributed by atoms with Crippen molar-refractivity contribution < 1.29 is 9.90 Å². The van der Waals surface area contributed by atoms with Gasteiger partial charge in [-0.1, -0.05) is 0 Å². The molecule has 0 aliphatic rings. The lowest BCUT2D eigenvalue weighted by molar-refractivity contribution is 0.0696. The average Bonchev–Trinajstić information content (AvgIpc) is 2.15. The van der Waals surface area contributed by atoms with E-state index in [0.29, 0.717) is 11.5 Å². The first-order valence-electron chi connectivity index (χ1n) is 4.60. The molecule has 0 unspecified atom stereocenters. The molecule has 2 rings (SSSR count). The first-order chi connectivity index (χ1) is 7.49. The molecule has 6 nitrogen and oxygen atoms in total. The number of aromatic nitrogens is 3. The summed E-state index contributed by atoms with van der Waals surface area (Å²) in [5, 5.41) is 9.09. The number of hydrogen-bond donors (Lipinski definition) is 2. The van der Waals surface area contributed by atoms with E-state index in [9.17, 15) is 9.59 Å². The Kier molecular flexibility index (Phi) is 2.19. The first kappa shape index (κ1) is 10.3. The summed E-state index contributed by atoms with van der Waals surface area (Å²) in [7, 11) is 0. The molecule has 0 aliphatic heterocycles. The van der Waals surface area contributed by atoms with Crippen molar-refractivity contribution in [1.82, 2.24) is 15.0 Å². The fourth-order valence-corrected chi connectivity index (χ4v) is 1.48. The average molecular weight is 219 g/mol. The number of H-pyrrole nitrogens is 1. The van der Waals surface area contributed by atoms with E-state index in [4.69, 9.17) is 5.11 Å². The fraction of sp³-hybridized carbons (Fsp3) is 0.200. The maximum absolute atomic E-state index is 11.6. The molecule has 2 aromatic heterocycles. The predicted octanol–water partition coefficient (Wildman–Crippen LogP) is 0.633. The summed E-state index contributed by atoms with van der Waals surface area (Å²) >= 11 is 0. The van der Waals surface area contributed by atoms with Gasteiger partial charge in [0.1, 0.15) is 5.82 Å².